The van der Waals surface area contributed by atoms with Crippen molar-refractivity contribution in [3.05, 3.63) is 52.6 Å². The summed E-state index contributed by atoms with van der Waals surface area (Å²) in [4.78, 5) is 4.67. The minimum atomic E-state index is 0.932. The number of rotatable bonds is 6. The molecule has 0 saturated heterocycles. The molecular formula is C22H28BrN. The second-order valence-corrected chi connectivity index (χ2v) is 8.20. The van der Waals surface area contributed by atoms with E-state index in [1.54, 1.807) is 0 Å². The van der Waals surface area contributed by atoms with Crippen LogP contribution in [-0.4, -0.2) is 4.98 Å². The van der Waals surface area contributed by atoms with E-state index in [9.17, 15) is 0 Å². The highest BCUT2D eigenvalue weighted by atomic mass is 79.9. The van der Waals surface area contributed by atoms with E-state index in [0.29, 0.717) is 0 Å². The van der Waals surface area contributed by atoms with Crippen molar-refractivity contribution in [2.45, 2.75) is 58.3 Å². The van der Waals surface area contributed by atoms with Gasteiger partial charge in [0.05, 0.1) is 5.69 Å². The number of pyridine rings is 1. The standard InChI is InChI=1S/C22H28BrN/c1-2-4-17-5-3-6-18(15-17)7-8-19-9-14-22(24-16-19)20-10-12-21(23)13-11-20/h9-14,16-18H,2-8,15H2,1H3. The van der Waals surface area contributed by atoms with Gasteiger partial charge in [0.15, 0.2) is 0 Å². The molecule has 0 spiro atoms. The van der Waals surface area contributed by atoms with Gasteiger partial charge >= 0.3 is 0 Å². The average Bonchev–Trinajstić information content (AvgIpc) is 2.62. The van der Waals surface area contributed by atoms with E-state index in [2.05, 4.69) is 70.4 Å². The van der Waals surface area contributed by atoms with Crippen LogP contribution in [0.4, 0.5) is 0 Å². The topological polar surface area (TPSA) is 12.9 Å². The third-order valence-electron chi connectivity index (χ3n) is 5.39. The fraction of sp³-hybridized carbons (Fsp3) is 0.500. The first kappa shape index (κ1) is 17.7. The Bertz CT molecular complexity index is 615. The molecule has 1 heterocycles. The molecule has 1 aliphatic carbocycles. The second kappa shape index (κ2) is 8.80. The molecule has 0 N–H and O–H groups in total. The number of halogens is 1. The van der Waals surface area contributed by atoms with Gasteiger partial charge in [-0.25, -0.2) is 0 Å². The van der Waals surface area contributed by atoms with E-state index >= 15 is 0 Å². The van der Waals surface area contributed by atoms with Gasteiger partial charge in [-0.3, -0.25) is 4.98 Å². The lowest BCUT2D eigenvalue weighted by atomic mass is 9.77. The van der Waals surface area contributed by atoms with E-state index in [4.69, 9.17) is 0 Å². The second-order valence-electron chi connectivity index (χ2n) is 7.28. The molecule has 2 atom stereocenters. The third-order valence-corrected chi connectivity index (χ3v) is 5.92. The summed E-state index contributed by atoms with van der Waals surface area (Å²) in [5.74, 6) is 1.92. The van der Waals surface area contributed by atoms with Crippen molar-refractivity contribution in [1.82, 2.24) is 4.98 Å². The molecule has 1 aromatic heterocycles. The summed E-state index contributed by atoms with van der Waals surface area (Å²) in [6.07, 6.45) is 13.2. The predicted molar refractivity (Wildman–Crippen MR) is 106 cm³/mol. The highest BCUT2D eigenvalue weighted by molar-refractivity contribution is 9.10. The number of aryl methyl sites for hydroxylation is 1. The molecule has 1 nitrogen and oxygen atoms in total. The molecule has 2 aromatic rings. The minimum absolute atomic E-state index is 0.932. The Kier molecular flexibility index (Phi) is 6.48. The third kappa shape index (κ3) is 4.92. The van der Waals surface area contributed by atoms with Crippen LogP contribution in [0.5, 0.6) is 0 Å². The van der Waals surface area contributed by atoms with Crippen molar-refractivity contribution in [2.24, 2.45) is 11.8 Å². The molecule has 2 unspecified atom stereocenters. The molecular weight excluding hydrogens is 358 g/mol. The summed E-state index contributed by atoms with van der Waals surface area (Å²) in [7, 11) is 0. The molecule has 3 rings (SSSR count). The summed E-state index contributed by atoms with van der Waals surface area (Å²) in [6.45, 7) is 2.32. The Morgan fingerprint density at radius 2 is 1.75 bits per heavy atom. The number of hydrogen-bond acceptors (Lipinski definition) is 1. The molecule has 1 saturated carbocycles. The molecule has 1 aromatic carbocycles. The van der Waals surface area contributed by atoms with E-state index in [1.807, 2.05) is 0 Å². The van der Waals surface area contributed by atoms with Crippen molar-refractivity contribution in [2.75, 3.05) is 0 Å². The van der Waals surface area contributed by atoms with Crippen LogP contribution in [0.2, 0.25) is 0 Å². The van der Waals surface area contributed by atoms with Crippen LogP contribution in [0, 0.1) is 11.8 Å². The fourth-order valence-electron chi connectivity index (χ4n) is 4.07. The van der Waals surface area contributed by atoms with Gasteiger partial charge in [-0.1, -0.05) is 73.2 Å². The van der Waals surface area contributed by atoms with Crippen molar-refractivity contribution in [3.63, 3.8) is 0 Å². The quantitative estimate of drug-likeness (QED) is 0.518. The van der Waals surface area contributed by atoms with E-state index < -0.39 is 0 Å². The summed E-state index contributed by atoms with van der Waals surface area (Å²) >= 11 is 3.48. The molecule has 24 heavy (non-hydrogen) atoms. The van der Waals surface area contributed by atoms with Gasteiger partial charge in [0, 0.05) is 16.2 Å². The lowest BCUT2D eigenvalue weighted by molar-refractivity contribution is 0.243. The van der Waals surface area contributed by atoms with Crippen molar-refractivity contribution < 1.29 is 0 Å². The molecule has 0 radical (unpaired) electrons. The van der Waals surface area contributed by atoms with Crippen molar-refractivity contribution in [3.8, 4) is 11.3 Å². The Morgan fingerprint density at radius 3 is 2.42 bits per heavy atom. The normalized spacial score (nSPS) is 20.9. The molecule has 1 aliphatic rings. The first-order valence-corrected chi connectivity index (χ1v) is 10.2. The molecule has 2 heteroatoms. The Balaban J connectivity index is 1.53. The molecule has 0 aliphatic heterocycles. The van der Waals surface area contributed by atoms with E-state index in [-0.39, 0.29) is 0 Å². The van der Waals surface area contributed by atoms with Crippen LogP contribution in [0.3, 0.4) is 0 Å². The van der Waals surface area contributed by atoms with Gasteiger partial charge < -0.3 is 0 Å². The first-order chi connectivity index (χ1) is 11.7. The largest absolute Gasteiger partial charge is 0.256 e. The van der Waals surface area contributed by atoms with Crippen LogP contribution in [0.1, 0.15) is 57.4 Å². The van der Waals surface area contributed by atoms with Gasteiger partial charge in [-0.15, -0.1) is 0 Å². The monoisotopic (exact) mass is 385 g/mol. The highest BCUT2D eigenvalue weighted by Gasteiger charge is 2.21. The zero-order valence-electron chi connectivity index (χ0n) is 14.7. The van der Waals surface area contributed by atoms with Gasteiger partial charge in [0.1, 0.15) is 0 Å². The maximum absolute atomic E-state index is 4.67. The number of benzene rings is 1. The summed E-state index contributed by atoms with van der Waals surface area (Å²) in [6, 6.07) is 12.8. The first-order valence-electron chi connectivity index (χ1n) is 9.45. The minimum Gasteiger partial charge on any atom is -0.256 e. The number of nitrogens with zero attached hydrogens (tertiary/aromatic N) is 1. The fourth-order valence-corrected chi connectivity index (χ4v) is 4.33. The van der Waals surface area contributed by atoms with Crippen molar-refractivity contribution in [1.29, 1.82) is 0 Å². The Morgan fingerprint density at radius 1 is 1.00 bits per heavy atom. The number of hydrogen-bond donors (Lipinski definition) is 0. The van der Waals surface area contributed by atoms with Crippen LogP contribution < -0.4 is 0 Å². The average molecular weight is 386 g/mol. The summed E-state index contributed by atoms with van der Waals surface area (Å²) in [5, 5.41) is 0. The van der Waals surface area contributed by atoms with Gasteiger partial charge in [0.2, 0.25) is 0 Å². The highest BCUT2D eigenvalue weighted by Crippen LogP contribution is 2.34. The zero-order valence-corrected chi connectivity index (χ0v) is 16.3. The Hall–Kier alpha value is -1.15. The SMILES string of the molecule is CCCC1CCCC(CCc2ccc(-c3ccc(Br)cc3)nc2)C1. The van der Waals surface area contributed by atoms with E-state index in [0.717, 1.165) is 22.0 Å². The smallest absolute Gasteiger partial charge is 0.0702 e. The number of aromatic nitrogens is 1. The maximum atomic E-state index is 4.67. The van der Waals surface area contributed by atoms with Crippen LogP contribution in [-0.2, 0) is 6.42 Å². The van der Waals surface area contributed by atoms with Gasteiger partial charge in [-0.2, -0.15) is 0 Å². The van der Waals surface area contributed by atoms with E-state index in [1.165, 1.54) is 62.5 Å². The molecule has 0 amide bonds. The Labute approximate surface area is 155 Å². The molecule has 1 fully saturated rings. The summed E-state index contributed by atoms with van der Waals surface area (Å²) < 4.78 is 1.11. The predicted octanol–water partition coefficient (Wildman–Crippen LogP) is 7.05. The van der Waals surface area contributed by atoms with Crippen molar-refractivity contribution >= 4 is 15.9 Å². The lowest BCUT2D eigenvalue weighted by Crippen LogP contribution is -2.16. The maximum Gasteiger partial charge on any atom is 0.0702 e. The van der Waals surface area contributed by atoms with Gasteiger partial charge in [0.25, 0.3) is 0 Å². The lowest BCUT2D eigenvalue weighted by Gasteiger charge is -2.29. The zero-order chi connectivity index (χ0) is 16.8. The molecule has 0 bridgehead atoms. The van der Waals surface area contributed by atoms with Crippen LogP contribution in [0.15, 0.2) is 47.1 Å². The molecule has 128 valence electrons. The summed E-state index contributed by atoms with van der Waals surface area (Å²) in [5.41, 5.74) is 3.62. The van der Waals surface area contributed by atoms with Gasteiger partial charge in [-0.05, 0) is 54.9 Å². The van der Waals surface area contributed by atoms with Crippen LogP contribution in [0.25, 0.3) is 11.3 Å². The van der Waals surface area contributed by atoms with Crippen LogP contribution >= 0.6 is 15.9 Å².